The summed E-state index contributed by atoms with van der Waals surface area (Å²) >= 11 is 3.16. The predicted octanol–water partition coefficient (Wildman–Crippen LogP) is 2.60. The first-order chi connectivity index (χ1) is 8.15. The molecule has 1 N–H and O–H groups in total. The highest BCUT2D eigenvalue weighted by Crippen LogP contribution is 2.15. The molecule has 0 bridgehead atoms. The first kappa shape index (κ1) is 12.0. The summed E-state index contributed by atoms with van der Waals surface area (Å²) in [5.41, 5.74) is 1.11. The lowest BCUT2D eigenvalue weighted by atomic mass is 10.4. The van der Waals surface area contributed by atoms with Crippen LogP contribution in [0.1, 0.15) is 5.56 Å². The molecular formula is C11H12BrFN4. The minimum absolute atomic E-state index is 0.261. The van der Waals surface area contributed by atoms with Gasteiger partial charge in [0, 0.05) is 23.4 Å². The van der Waals surface area contributed by atoms with Gasteiger partial charge < -0.3 is 5.32 Å². The maximum Gasteiger partial charge on any atom is 0.166 e. The lowest BCUT2D eigenvalue weighted by Gasteiger charge is -2.06. The first-order valence-electron chi connectivity index (χ1n) is 5.19. The van der Waals surface area contributed by atoms with Crippen molar-refractivity contribution < 1.29 is 4.39 Å². The average Bonchev–Trinajstić information content (AvgIpc) is 2.68. The van der Waals surface area contributed by atoms with E-state index in [0.717, 1.165) is 5.56 Å². The Kier molecular flexibility index (Phi) is 3.73. The lowest BCUT2D eigenvalue weighted by molar-refractivity contribution is 0.611. The highest BCUT2D eigenvalue weighted by Gasteiger charge is 2.03. The SMILES string of the molecule is Cc1cnn(CCNc2ncc(Br)cc2F)c1. The number of anilines is 1. The Morgan fingerprint density at radius 1 is 1.47 bits per heavy atom. The summed E-state index contributed by atoms with van der Waals surface area (Å²) in [7, 11) is 0. The van der Waals surface area contributed by atoms with Gasteiger partial charge in [0.1, 0.15) is 0 Å². The van der Waals surface area contributed by atoms with Gasteiger partial charge in [-0.05, 0) is 34.5 Å². The van der Waals surface area contributed by atoms with Gasteiger partial charge in [0.2, 0.25) is 0 Å². The monoisotopic (exact) mass is 298 g/mol. The number of aryl methyl sites for hydroxylation is 1. The van der Waals surface area contributed by atoms with E-state index in [-0.39, 0.29) is 11.6 Å². The van der Waals surface area contributed by atoms with Gasteiger partial charge in [0.25, 0.3) is 0 Å². The number of rotatable bonds is 4. The highest BCUT2D eigenvalue weighted by atomic mass is 79.9. The Morgan fingerprint density at radius 2 is 2.29 bits per heavy atom. The van der Waals surface area contributed by atoms with Crippen LogP contribution in [0, 0.1) is 12.7 Å². The minimum atomic E-state index is -0.365. The molecule has 0 aliphatic carbocycles. The van der Waals surface area contributed by atoms with E-state index in [1.165, 1.54) is 6.07 Å². The summed E-state index contributed by atoms with van der Waals surface area (Å²) in [5, 5.41) is 7.07. The number of nitrogens with zero attached hydrogens (tertiary/aromatic N) is 3. The molecule has 0 saturated heterocycles. The fourth-order valence-corrected chi connectivity index (χ4v) is 1.73. The van der Waals surface area contributed by atoms with Gasteiger partial charge >= 0.3 is 0 Å². The van der Waals surface area contributed by atoms with E-state index in [4.69, 9.17) is 0 Å². The van der Waals surface area contributed by atoms with Crippen molar-refractivity contribution >= 4 is 21.7 Å². The van der Waals surface area contributed by atoms with E-state index >= 15 is 0 Å². The van der Waals surface area contributed by atoms with Crippen LogP contribution in [-0.2, 0) is 6.54 Å². The van der Waals surface area contributed by atoms with Gasteiger partial charge in [-0.3, -0.25) is 4.68 Å². The van der Waals surface area contributed by atoms with Gasteiger partial charge in [-0.2, -0.15) is 5.10 Å². The minimum Gasteiger partial charge on any atom is -0.366 e. The summed E-state index contributed by atoms with van der Waals surface area (Å²) < 4.78 is 15.8. The third kappa shape index (κ3) is 3.26. The summed E-state index contributed by atoms with van der Waals surface area (Å²) in [5.74, 6) is -0.104. The second-order valence-electron chi connectivity index (χ2n) is 3.69. The molecule has 0 amide bonds. The third-order valence-electron chi connectivity index (χ3n) is 2.20. The second-order valence-corrected chi connectivity index (χ2v) is 4.61. The number of aromatic nitrogens is 3. The van der Waals surface area contributed by atoms with E-state index < -0.39 is 0 Å². The molecule has 17 heavy (non-hydrogen) atoms. The van der Waals surface area contributed by atoms with Crippen LogP contribution >= 0.6 is 15.9 Å². The molecule has 2 aromatic heterocycles. The molecule has 0 aliphatic heterocycles. The molecule has 0 saturated carbocycles. The van der Waals surface area contributed by atoms with E-state index in [9.17, 15) is 4.39 Å². The van der Waals surface area contributed by atoms with Crippen molar-refractivity contribution in [3.05, 3.63) is 40.5 Å². The molecule has 2 heterocycles. The molecule has 6 heteroatoms. The van der Waals surface area contributed by atoms with Gasteiger partial charge in [0.15, 0.2) is 11.6 Å². The summed E-state index contributed by atoms with van der Waals surface area (Å²) in [6.45, 7) is 3.23. The van der Waals surface area contributed by atoms with Crippen LogP contribution < -0.4 is 5.32 Å². The van der Waals surface area contributed by atoms with Crippen LogP contribution in [0.5, 0.6) is 0 Å². The zero-order chi connectivity index (χ0) is 12.3. The van der Waals surface area contributed by atoms with Crippen LogP contribution in [0.4, 0.5) is 10.2 Å². The Labute approximate surface area is 107 Å². The number of hydrogen-bond donors (Lipinski definition) is 1. The van der Waals surface area contributed by atoms with Crippen LogP contribution in [-0.4, -0.2) is 21.3 Å². The summed E-state index contributed by atoms with van der Waals surface area (Å²) in [6.07, 6.45) is 5.29. The maximum absolute atomic E-state index is 13.4. The van der Waals surface area contributed by atoms with Crippen LogP contribution in [0.3, 0.4) is 0 Å². The molecule has 0 aliphatic rings. The third-order valence-corrected chi connectivity index (χ3v) is 2.64. The molecule has 2 rings (SSSR count). The fraction of sp³-hybridized carbons (Fsp3) is 0.273. The molecular weight excluding hydrogens is 287 g/mol. The first-order valence-corrected chi connectivity index (χ1v) is 5.98. The van der Waals surface area contributed by atoms with Crippen molar-refractivity contribution in [2.24, 2.45) is 0 Å². The van der Waals surface area contributed by atoms with Crippen LogP contribution in [0.25, 0.3) is 0 Å². The molecule has 90 valence electrons. The Morgan fingerprint density at radius 3 is 2.94 bits per heavy atom. The molecule has 2 aromatic rings. The molecule has 0 spiro atoms. The van der Waals surface area contributed by atoms with Crippen molar-refractivity contribution in [2.75, 3.05) is 11.9 Å². The second kappa shape index (κ2) is 5.27. The zero-order valence-electron chi connectivity index (χ0n) is 9.32. The largest absolute Gasteiger partial charge is 0.366 e. The van der Waals surface area contributed by atoms with E-state index in [0.29, 0.717) is 17.6 Å². The number of halogens is 2. The van der Waals surface area contributed by atoms with E-state index in [1.54, 1.807) is 17.1 Å². The van der Waals surface area contributed by atoms with Crippen LogP contribution in [0.15, 0.2) is 29.1 Å². The molecule has 0 fully saturated rings. The van der Waals surface area contributed by atoms with Crippen LogP contribution in [0.2, 0.25) is 0 Å². The Hall–Kier alpha value is -1.43. The maximum atomic E-state index is 13.4. The number of pyridine rings is 1. The Bertz CT molecular complexity index is 512. The van der Waals surface area contributed by atoms with Crippen molar-refractivity contribution in [1.82, 2.24) is 14.8 Å². The van der Waals surface area contributed by atoms with E-state index in [2.05, 4.69) is 31.3 Å². The average molecular weight is 299 g/mol. The molecule has 4 nitrogen and oxygen atoms in total. The molecule has 0 aromatic carbocycles. The van der Waals surface area contributed by atoms with Crippen molar-refractivity contribution in [3.63, 3.8) is 0 Å². The highest BCUT2D eigenvalue weighted by molar-refractivity contribution is 9.10. The normalized spacial score (nSPS) is 10.5. The van der Waals surface area contributed by atoms with Crippen molar-refractivity contribution in [1.29, 1.82) is 0 Å². The summed E-state index contributed by atoms with van der Waals surface area (Å²) in [4.78, 5) is 3.95. The van der Waals surface area contributed by atoms with Gasteiger partial charge in [-0.25, -0.2) is 9.37 Å². The topological polar surface area (TPSA) is 42.7 Å². The van der Waals surface area contributed by atoms with Gasteiger partial charge in [-0.15, -0.1) is 0 Å². The standard InChI is InChI=1S/C11H12BrFN4/c1-8-5-16-17(7-8)3-2-14-11-10(13)4-9(12)6-15-11/h4-7H,2-3H2,1H3,(H,14,15). The number of hydrogen-bond acceptors (Lipinski definition) is 3. The zero-order valence-corrected chi connectivity index (χ0v) is 10.9. The molecule has 0 radical (unpaired) electrons. The van der Waals surface area contributed by atoms with Crippen molar-refractivity contribution in [2.45, 2.75) is 13.5 Å². The number of nitrogens with one attached hydrogen (secondary N) is 1. The smallest absolute Gasteiger partial charge is 0.166 e. The Balaban J connectivity index is 1.90. The van der Waals surface area contributed by atoms with Gasteiger partial charge in [0.05, 0.1) is 12.7 Å². The lowest BCUT2D eigenvalue weighted by Crippen LogP contribution is -2.12. The van der Waals surface area contributed by atoms with E-state index in [1.807, 2.05) is 13.1 Å². The molecule has 0 unspecified atom stereocenters. The van der Waals surface area contributed by atoms with Crippen molar-refractivity contribution in [3.8, 4) is 0 Å². The predicted molar refractivity (Wildman–Crippen MR) is 67.3 cm³/mol. The summed E-state index contributed by atoms with van der Waals surface area (Å²) in [6, 6.07) is 1.38. The molecule has 0 atom stereocenters. The quantitative estimate of drug-likeness (QED) is 0.943. The van der Waals surface area contributed by atoms with Gasteiger partial charge in [-0.1, -0.05) is 0 Å². The fourth-order valence-electron chi connectivity index (χ4n) is 1.42.